The van der Waals surface area contributed by atoms with Crippen LogP contribution in [-0.2, 0) is 6.54 Å². The molecule has 1 heterocycles. The number of amides is 1. The minimum Gasteiger partial charge on any atom is -0.395 e. The highest BCUT2D eigenvalue weighted by molar-refractivity contribution is 5.95. The summed E-state index contributed by atoms with van der Waals surface area (Å²) in [5.41, 5.74) is 1.33. The van der Waals surface area contributed by atoms with Gasteiger partial charge in [-0.1, -0.05) is 11.2 Å². The molecule has 0 atom stereocenters. The number of carbonyl (C=O) groups is 1. The molecule has 0 aliphatic heterocycles. The van der Waals surface area contributed by atoms with E-state index < -0.39 is 0 Å². The van der Waals surface area contributed by atoms with Crippen molar-refractivity contribution in [1.29, 1.82) is 0 Å². The van der Waals surface area contributed by atoms with Crippen LogP contribution in [0.2, 0.25) is 0 Å². The van der Waals surface area contributed by atoms with Gasteiger partial charge in [0.1, 0.15) is 0 Å². The average Bonchev–Trinajstić information content (AvgIpc) is 3.29. The van der Waals surface area contributed by atoms with Crippen LogP contribution in [0.25, 0.3) is 0 Å². The Bertz CT molecular complexity index is 652. The number of anilines is 1. The molecule has 3 rings (SSSR count). The number of hydrogen-bond donors (Lipinski definition) is 3. The summed E-state index contributed by atoms with van der Waals surface area (Å²) in [6.07, 6.45) is 2.25. The van der Waals surface area contributed by atoms with E-state index in [1.807, 2.05) is 6.07 Å². The van der Waals surface area contributed by atoms with E-state index in [-0.39, 0.29) is 19.1 Å². The number of aliphatic hydroxyl groups excluding tert-OH is 1. The lowest BCUT2D eigenvalue weighted by Crippen LogP contribution is -2.26. The molecule has 0 spiro atoms. The maximum absolute atomic E-state index is 11.8. The predicted octanol–water partition coefficient (Wildman–Crippen LogP) is 1.28. The Kier molecular flexibility index (Phi) is 4.34. The SMILES string of the molecule is O=C(NCCO)c1cccc(NCc2noc(C3CC3)n2)c1. The van der Waals surface area contributed by atoms with Crippen molar-refractivity contribution in [1.82, 2.24) is 15.5 Å². The maximum Gasteiger partial charge on any atom is 0.251 e. The zero-order valence-electron chi connectivity index (χ0n) is 12.1. The van der Waals surface area contributed by atoms with Gasteiger partial charge in [0.25, 0.3) is 5.91 Å². The minimum atomic E-state index is -0.215. The fourth-order valence-electron chi connectivity index (χ4n) is 2.06. The number of aliphatic hydroxyl groups is 1. The van der Waals surface area contributed by atoms with Crippen LogP contribution in [0.15, 0.2) is 28.8 Å². The van der Waals surface area contributed by atoms with Crippen molar-refractivity contribution in [2.24, 2.45) is 0 Å². The molecule has 0 saturated heterocycles. The van der Waals surface area contributed by atoms with Gasteiger partial charge in [0.05, 0.1) is 13.2 Å². The third kappa shape index (κ3) is 3.62. The summed E-state index contributed by atoms with van der Waals surface area (Å²) in [4.78, 5) is 16.2. The van der Waals surface area contributed by atoms with Gasteiger partial charge in [0.2, 0.25) is 5.89 Å². The largest absolute Gasteiger partial charge is 0.395 e. The maximum atomic E-state index is 11.8. The summed E-state index contributed by atoms with van der Waals surface area (Å²) in [6, 6.07) is 7.12. The van der Waals surface area contributed by atoms with Gasteiger partial charge in [-0.25, -0.2) is 0 Å². The summed E-state index contributed by atoms with van der Waals surface area (Å²) in [6.45, 7) is 0.603. The van der Waals surface area contributed by atoms with Crippen molar-refractivity contribution in [3.8, 4) is 0 Å². The van der Waals surface area contributed by atoms with E-state index in [9.17, 15) is 4.79 Å². The molecule has 1 aromatic carbocycles. The topological polar surface area (TPSA) is 100 Å². The smallest absolute Gasteiger partial charge is 0.251 e. The lowest BCUT2D eigenvalue weighted by atomic mass is 10.2. The normalized spacial score (nSPS) is 13.9. The van der Waals surface area contributed by atoms with Crippen LogP contribution in [0, 0.1) is 0 Å². The molecule has 1 fully saturated rings. The molecule has 1 saturated carbocycles. The van der Waals surface area contributed by atoms with Crippen LogP contribution in [0.1, 0.15) is 40.8 Å². The van der Waals surface area contributed by atoms with Gasteiger partial charge in [-0.3, -0.25) is 4.79 Å². The molecule has 7 nitrogen and oxygen atoms in total. The Balaban J connectivity index is 1.58. The molecule has 22 heavy (non-hydrogen) atoms. The van der Waals surface area contributed by atoms with E-state index >= 15 is 0 Å². The lowest BCUT2D eigenvalue weighted by Gasteiger charge is -2.07. The molecule has 1 aromatic heterocycles. The van der Waals surface area contributed by atoms with E-state index in [1.165, 1.54) is 0 Å². The Hall–Kier alpha value is -2.41. The third-order valence-electron chi connectivity index (χ3n) is 3.38. The number of aromatic nitrogens is 2. The molecule has 1 aliphatic carbocycles. The monoisotopic (exact) mass is 302 g/mol. The highest BCUT2D eigenvalue weighted by atomic mass is 16.5. The van der Waals surface area contributed by atoms with Gasteiger partial charge in [-0.15, -0.1) is 0 Å². The van der Waals surface area contributed by atoms with Crippen LogP contribution >= 0.6 is 0 Å². The van der Waals surface area contributed by atoms with E-state index in [2.05, 4.69) is 20.8 Å². The van der Waals surface area contributed by atoms with Crippen LogP contribution < -0.4 is 10.6 Å². The van der Waals surface area contributed by atoms with Crippen molar-refractivity contribution in [2.75, 3.05) is 18.5 Å². The Morgan fingerprint density at radius 1 is 1.41 bits per heavy atom. The standard InChI is InChI=1S/C15H18N4O3/c20-7-6-16-14(21)11-2-1-3-12(8-11)17-9-13-18-15(22-19-13)10-4-5-10/h1-3,8,10,17,20H,4-7,9H2,(H,16,21). The van der Waals surface area contributed by atoms with Crippen molar-refractivity contribution in [3.05, 3.63) is 41.5 Å². The summed E-state index contributed by atoms with van der Waals surface area (Å²) in [5.74, 6) is 1.55. The number of hydrogen-bond acceptors (Lipinski definition) is 6. The van der Waals surface area contributed by atoms with Crippen molar-refractivity contribution in [3.63, 3.8) is 0 Å². The Labute approximate surface area is 127 Å². The molecule has 7 heteroatoms. The number of benzene rings is 1. The minimum absolute atomic E-state index is 0.0785. The molecule has 3 N–H and O–H groups in total. The van der Waals surface area contributed by atoms with Gasteiger partial charge >= 0.3 is 0 Å². The van der Waals surface area contributed by atoms with E-state index in [0.29, 0.717) is 29.7 Å². The average molecular weight is 302 g/mol. The molecule has 0 unspecified atom stereocenters. The van der Waals surface area contributed by atoms with E-state index in [4.69, 9.17) is 9.63 Å². The first-order valence-corrected chi connectivity index (χ1v) is 7.32. The number of nitrogens with one attached hydrogen (secondary N) is 2. The second-order valence-electron chi connectivity index (χ2n) is 5.24. The van der Waals surface area contributed by atoms with E-state index in [0.717, 1.165) is 18.5 Å². The van der Waals surface area contributed by atoms with Crippen molar-refractivity contribution >= 4 is 11.6 Å². The summed E-state index contributed by atoms with van der Waals surface area (Å²) in [7, 11) is 0. The fraction of sp³-hybridized carbons (Fsp3) is 0.400. The van der Waals surface area contributed by atoms with Gasteiger partial charge in [-0.2, -0.15) is 4.98 Å². The molecule has 2 aromatic rings. The highest BCUT2D eigenvalue weighted by Crippen LogP contribution is 2.38. The molecular weight excluding hydrogens is 284 g/mol. The zero-order valence-corrected chi connectivity index (χ0v) is 12.1. The Morgan fingerprint density at radius 3 is 3.05 bits per heavy atom. The van der Waals surface area contributed by atoms with Crippen LogP contribution in [0.3, 0.4) is 0 Å². The third-order valence-corrected chi connectivity index (χ3v) is 3.38. The predicted molar refractivity (Wildman–Crippen MR) is 79.5 cm³/mol. The molecular formula is C15H18N4O3. The zero-order chi connectivity index (χ0) is 15.4. The first-order chi connectivity index (χ1) is 10.8. The summed E-state index contributed by atoms with van der Waals surface area (Å²) >= 11 is 0. The van der Waals surface area contributed by atoms with Crippen LogP contribution in [0.4, 0.5) is 5.69 Å². The number of carbonyl (C=O) groups excluding carboxylic acids is 1. The first-order valence-electron chi connectivity index (χ1n) is 7.32. The highest BCUT2D eigenvalue weighted by Gasteiger charge is 2.29. The van der Waals surface area contributed by atoms with Crippen molar-refractivity contribution in [2.45, 2.75) is 25.3 Å². The van der Waals surface area contributed by atoms with Gasteiger partial charge in [0, 0.05) is 23.7 Å². The van der Waals surface area contributed by atoms with Gasteiger partial charge in [-0.05, 0) is 31.0 Å². The quantitative estimate of drug-likeness (QED) is 0.712. The fourth-order valence-corrected chi connectivity index (χ4v) is 2.06. The molecule has 1 amide bonds. The molecule has 1 aliphatic rings. The van der Waals surface area contributed by atoms with Gasteiger partial charge < -0.3 is 20.3 Å². The number of nitrogens with zero attached hydrogens (tertiary/aromatic N) is 2. The molecule has 0 bridgehead atoms. The Morgan fingerprint density at radius 2 is 2.27 bits per heavy atom. The second-order valence-corrected chi connectivity index (χ2v) is 5.24. The number of rotatable bonds is 7. The summed E-state index contributed by atoms with van der Waals surface area (Å²) in [5, 5.41) is 18.4. The van der Waals surface area contributed by atoms with Gasteiger partial charge in [0.15, 0.2) is 5.82 Å². The van der Waals surface area contributed by atoms with Crippen LogP contribution in [0.5, 0.6) is 0 Å². The molecule has 0 radical (unpaired) electrons. The second kappa shape index (κ2) is 6.57. The van der Waals surface area contributed by atoms with Crippen molar-refractivity contribution < 1.29 is 14.4 Å². The molecule has 116 valence electrons. The van der Waals surface area contributed by atoms with E-state index in [1.54, 1.807) is 18.2 Å². The van der Waals surface area contributed by atoms with Crippen LogP contribution in [-0.4, -0.2) is 34.3 Å². The lowest BCUT2D eigenvalue weighted by molar-refractivity contribution is 0.0945. The summed E-state index contributed by atoms with van der Waals surface area (Å²) < 4.78 is 5.19. The first kappa shape index (κ1) is 14.5.